The molecule has 2 rings (SSSR count). The number of likely N-dealkylation sites (tertiary alicyclic amines) is 1. The highest BCUT2D eigenvalue weighted by atomic mass is 16.4. The SMILES string of the molecule is CC1(C)CCN(C(=O)C2(C(=O)O)CC2)CC1. The van der Waals surface area contributed by atoms with Crippen LogP contribution in [0.5, 0.6) is 0 Å². The number of carbonyl (C=O) groups excluding carboxylic acids is 1. The minimum atomic E-state index is -1.05. The summed E-state index contributed by atoms with van der Waals surface area (Å²) in [6.45, 7) is 5.81. The van der Waals surface area contributed by atoms with E-state index in [1.807, 2.05) is 0 Å². The zero-order valence-electron chi connectivity index (χ0n) is 9.95. The highest BCUT2D eigenvalue weighted by Crippen LogP contribution is 2.48. The smallest absolute Gasteiger partial charge is 0.319 e. The van der Waals surface area contributed by atoms with Crippen molar-refractivity contribution >= 4 is 11.9 Å². The number of piperidine rings is 1. The lowest BCUT2D eigenvalue weighted by Crippen LogP contribution is -2.46. The number of carboxylic acid groups (broad SMARTS) is 1. The van der Waals surface area contributed by atoms with Crippen LogP contribution in [0.15, 0.2) is 0 Å². The fourth-order valence-electron chi connectivity index (χ4n) is 2.26. The lowest BCUT2D eigenvalue weighted by molar-refractivity contribution is -0.154. The fraction of sp³-hybridized carbons (Fsp3) is 0.833. The Kier molecular flexibility index (Phi) is 2.48. The van der Waals surface area contributed by atoms with Crippen LogP contribution in [-0.2, 0) is 9.59 Å². The monoisotopic (exact) mass is 225 g/mol. The minimum absolute atomic E-state index is 0.157. The third-order valence-electron chi connectivity index (χ3n) is 3.97. The molecule has 1 saturated heterocycles. The molecule has 2 fully saturated rings. The number of aliphatic carboxylic acids is 1. The molecule has 1 N–H and O–H groups in total. The third-order valence-corrected chi connectivity index (χ3v) is 3.97. The molecule has 90 valence electrons. The summed E-state index contributed by atoms with van der Waals surface area (Å²) in [4.78, 5) is 24.9. The molecule has 16 heavy (non-hydrogen) atoms. The largest absolute Gasteiger partial charge is 0.480 e. The van der Waals surface area contributed by atoms with Crippen LogP contribution in [0.25, 0.3) is 0 Å². The Morgan fingerprint density at radius 3 is 1.94 bits per heavy atom. The van der Waals surface area contributed by atoms with E-state index in [0.29, 0.717) is 25.9 Å². The molecule has 1 aliphatic carbocycles. The van der Waals surface area contributed by atoms with Crippen LogP contribution >= 0.6 is 0 Å². The molecule has 0 aromatic carbocycles. The van der Waals surface area contributed by atoms with Gasteiger partial charge >= 0.3 is 5.97 Å². The number of amides is 1. The van der Waals surface area contributed by atoms with E-state index < -0.39 is 11.4 Å². The summed E-state index contributed by atoms with van der Waals surface area (Å²) < 4.78 is 0. The van der Waals surface area contributed by atoms with Crippen molar-refractivity contribution in [3.63, 3.8) is 0 Å². The normalized spacial score (nSPS) is 26.2. The van der Waals surface area contributed by atoms with Gasteiger partial charge in [-0.1, -0.05) is 13.8 Å². The minimum Gasteiger partial charge on any atom is -0.480 e. The number of carbonyl (C=O) groups is 2. The standard InChI is InChI=1S/C12H19NO3/c1-11(2)5-7-13(8-6-11)9(14)12(3-4-12)10(15)16/h3-8H2,1-2H3,(H,15,16). The van der Waals surface area contributed by atoms with Gasteiger partial charge in [0, 0.05) is 13.1 Å². The van der Waals surface area contributed by atoms with Crippen molar-refractivity contribution < 1.29 is 14.7 Å². The maximum absolute atomic E-state index is 12.1. The highest BCUT2D eigenvalue weighted by molar-refractivity contribution is 6.04. The van der Waals surface area contributed by atoms with Crippen molar-refractivity contribution in [3.8, 4) is 0 Å². The summed E-state index contributed by atoms with van der Waals surface area (Å²) in [7, 11) is 0. The van der Waals surface area contributed by atoms with Crippen LogP contribution in [0.1, 0.15) is 39.5 Å². The van der Waals surface area contributed by atoms with Gasteiger partial charge in [0.15, 0.2) is 0 Å². The van der Waals surface area contributed by atoms with Gasteiger partial charge in [-0.05, 0) is 31.1 Å². The average Bonchev–Trinajstić information content (AvgIpc) is 2.97. The molecule has 4 heteroatoms. The number of nitrogens with zero attached hydrogens (tertiary/aromatic N) is 1. The van der Waals surface area contributed by atoms with Crippen molar-refractivity contribution in [1.29, 1.82) is 0 Å². The van der Waals surface area contributed by atoms with Gasteiger partial charge in [0.05, 0.1) is 0 Å². The van der Waals surface area contributed by atoms with Crippen molar-refractivity contribution in [2.24, 2.45) is 10.8 Å². The fourth-order valence-corrected chi connectivity index (χ4v) is 2.26. The van der Waals surface area contributed by atoms with Crippen molar-refractivity contribution in [3.05, 3.63) is 0 Å². The number of carboxylic acids is 1. The molecule has 1 amide bonds. The second kappa shape index (κ2) is 3.47. The highest BCUT2D eigenvalue weighted by Gasteiger charge is 2.58. The molecule has 0 aromatic heterocycles. The van der Waals surface area contributed by atoms with Gasteiger partial charge in [0.25, 0.3) is 0 Å². The molecular weight excluding hydrogens is 206 g/mol. The Labute approximate surface area is 95.6 Å². The molecule has 1 heterocycles. The van der Waals surface area contributed by atoms with E-state index in [1.165, 1.54) is 0 Å². The number of hydrogen-bond acceptors (Lipinski definition) is 2. The van der Waals surface area contributed by atoms with E-state index in [-0.39, 0.29) is 11.3 Å². The Balaban J connectivity index is 2.00. The van der Waals surface area contributed by atoms with Gasteiger partial charge in [-0.3, -0.25) is 9.59 Å². The molecule has 0 unspecified atom stereocenters. The van der Waals surface area contributed by atoms with E-state index in [1.54, 1.807) is 4.90 Å². The van der Waals surface area contributed by atoms with E-state index in [0.717, 1.165) is 12.8 Å². The molecule has 0 atom stereocenters. The van der Waals surface area contributed by atoms with Gasteiger partial charge in [0.2, 0.25) is 5.91 Å². The lowest BCUT2D eigenvalue weighted by Gasteiger charge is -2.38. The van der Waals surface area contributed by atoms with E-state index >= 15 is 0 Å². The van der Waals surface area contributed by atoms with Gasteiger partial charge in [-0.2, -0.15) is 0 Å². The second-order valence-electron chi connectivity index (χ2n) is 5.84. The zero-order valence-corrected chi connectivity index (χ0v) is 9.95. The van der Waals surface area contributed by atoms with E-state index in [2.05, 4.69) is 13.8 Å². The summed E-state index contributed by atoms with van der Waals surface area (Å²) in [5, 5.41) is 9.06. The summed E-state index contributed by atoms with van der Waals surface area (Å²) in [5.41, 5.74) is -0.766. The Morgan fingerprint density at radius 1 is 1.06 bits per heavy atom. The molecule has 4 nitrogen and oxygen atoms in total. The lowest BCUT2D eigenvalue weighted by atomic mass is 9.82. The zero-order chi connectivity index (χ0) is 12.0. The Bertz CT molecular complexity index is 321. The Morgan fingerprint density at radius 2 is 1.56 bits per heavy atom. The van der Waals surface area contributed by atoms with Crippen molar-refractivity contribution in [1.82, 2.24) is 4.90 Å². The summed E-state index contributed by atoms with van der Waals surface area (Å²) in [6.07, 6.45) is 2.96. The maximum Gasteiger partial charge on any atom is 0.319 e. The predicted octanol–water partition coefficient (Wildman–Crippen LogP) is 1.50. The molecule has 1 saturated carbocycles. The number of rotatable bonds is 2. The van der Waals surface area contributed by atoms with Crippen LogP contribution in [0, 0.1) is 10.8 Å². The van der Waals surface area contributed by atoms with Crippen LogP contribution in [0.2, 0.25) is 0 Å². The Hall–Kier alpha value is -1.06. The van der Waals surface area contributed by atoms with Crippen LogP contribution in [-0.4, -0.2) is 35.0 Å². The van der Waals surface area contributed by atoms with Gasteiger partial charge in [-0.25, -0.2) is 0 Å². The van der Waals surface area contributed by atoms with Gasteiger partial charge < -0.3 is 10.0 Å². The van der Waals surface area contributed by atoms with Crippen molar-refractivity contribution in [2.45, 2.75) is 39.5 Å². The molecule has 0 bridgehead atoms. The van der Waals surface area contributed by atoms with E-state index in [4.69, 9.17) is 5.11 Å². The van der Waals surface area contributed by atoms with Crippen molar-refractivity contribution in [2.75, 3.05) is 13.1 Å². The second-order valence-corrected chi connectivity index (χ2v) is 5.84. The number of hydrogen-bond donors (Lipinski definition) is 1. The first kappa shape index (κ1) is 11.4. The van der Waals surface area contributed by atoms with Crippen LogP contribution in [0.3, 0.4) is 0 Å². The van der Waals surface area contributed by atoms with Gasteiger partial charge in [0.1, 0.15) is 5.41 Å². The van der Waals surface area contributed by atoms with Gasteiger partial charge in [-0.15, -0.1) is 0 Å². The first-order valence-corrected chi connectivity index (χ1v) is 5.90. The molecule has 1 aliphatic heterocycles. The predicted molar refractivity (Wildman–Crippen MR) is 58.9 cm³/mol. The first-order valence-electron chi connectivity index (χ1n) is 5.90. The van der Waals surface area contributed by atoms with E-state index in [9.17, 15) is 9.59 Å². The summed E-state index contributed by atoms with van der Waals surface area (Å²) in [5.74, 6) is -1.10. The molecule has 2 aliphatic rings. The van der Waals surface area contributed by atoms with Crippen LogP contribution < -0.4 is 0 Å². The topological polar surface area (TPSA) is 57.6 Å². The van der Waals surface area contributed by atoms with Crippen LogP contribution in [0.4, 0.5) is 0 Å². The summed E-state index contributed by atoms with van der Waals surface area (Å²) in [6, 6.07) is 0. The molecule has 0 radical (unpaired) electrons. The maximum atomic E-state index is 12.1. The molecular formula is C12H19NO3. The first-order chi connectivity index (χ1) is 7.37. The molecule has 0 spiro atoms. The summed E-state index contributed by atoms with van der Waals surface area (Å²) >= 11 is 0. The average molecular weight is 225 g/mol. The quantitative estimate of drug-likeness (QED) is 0.724. The third kappa shape index (κ3) is 1.81. The molecule has 0 aromatic rings.